The van der Waals surface area contributed by atoms with Crippen molar-refractivity contribution in [2.24, 2.45) is 11.8 Å². The van der Waals surface area contributed by atoms with Gasteiger partial charge in [-0.1, -0.05) is 49.8 Å². The summed E-state index contributed by atoms with van der Waals surface area (Å²) in [6, 6.07) is 9.35. The highest BCUT2D eigenvalue weighted by Crippen LogP contribution is 2.32. The van der Waals surface area contributed by atoms with Gasteiger partial charge < -0.3 is 15.1 Å². The molecule has 172 valence electrons. The zero-order valence-corrected chi connectivity index (χ0v) is 19.3. The van der Waals surface area contributed by atoms with Gasteiger partial charge in [0.15, 0.2) is 10.9 Å². The first kappa shape index (κ1) is 22.8. The summed E-state index contributed by atoms with van der Waals surface area (Å²) in [7, 11) is 0. The topological polar surface area (TPSA) is 127 Å². The van der Waals surface area contributed by atoms with Gasteiger partial charge in [0.05, 0.1) is 23.0 Å². The molecule has 0 bridgehead atoms. The Morgan fingerprint density at radius 3 is 2.76 bits per heavy atom. The Balaban J connectivity index is 1.34. The minimum Gasteiger partial charge on any atom is -0.419 e. The van der Waals surface area contributed by atoms with Crippen LogP contribution in [-0.2, 0) is 22.6 Å². The number of nitrogens with one attached hydrogen (secondary N) is 2. The highest BCUT2D eigenvalue weighted by molar-refractivity contribution is 7.17. The first-order valence-electron chi connectivity index (χ1n) is 10.9. The van der Waals surface area contributed by atoms with Crippen molar-refractivity contribution < 1.29 is 18.8 Å². The molecule has 0 unspecified atom stereocenters. The lowest BCUT2D eigenvalue weighted by Gasteiger charge is -2.19. The second-order valence-electron chi connectivity index (χ2n) is 8.17. The second kappa shape index (κ2) is 10.0. The number of nitrogens with zero attached hydrogens (tertiary/aromatic N) is 3. The molecule has 0 aliphatic heterocycles. The zero-order valence-electron chi connectivity index (χ0n) is 18.5. The number of carbonyl (C=O) groups excluding carboxylic acids is 3. The number of ketones is 1. The molecule has 0 radical (unpaired) electrons. The molecular weight excluding hydrogens is 442 g/mol. The van der Waals surface area contributed by atoms with Gasteiger partial charge in [0.2, 0.25) is 23.6 Å². The predicted octanol–water partition coefficient (Wildman–Crippen LogP) is 3.63. The predicted molar refractivity (Wildman–Crippen MR) is 123 cm³/mol. The van der Waals surface area contributed by atoms with Gasteiger partial charge in [-0.3, -0.25) is 14.4 Å². The van der Waals surface area contributed by atoms with E-state index in [1.54, 1.807) is 0 Å². The fourth-order valence-electron chi connectivity index (χ4n) is 3.53. The molecule has 1 aromatic carbocycles. The van der Waals surface area contributed by atoms with Crippen molar-refractivity contribution in [3.8, 4) is 11.5 Å². The molecule has 3 aromatic rings. The number of fused-ring (bicyclic) bond motifs is 1. The van der Waals surface area contributed by atoms with Crippen molar-refractivity contribution in [1.82, 2.24) is 20.5 Å². The molecule has 0 saturated carbocycles. The summed E-state index contributed by atoms with van der Waals surface area (Å²) in [5, 5.41) is 13.9. The van der Waals surface area contributed by atoms with E-state index in [0.717, 1.165) is 12.0 Å². The van der Waals surface area contributed by atoms with E-state index < -0.39 is 5.92 Å². The number of rotatable bonds is 8. The minimum absolute atomic E-state index is 0.0736. The fraction of sp³-hybridized carbons (Fsp3) is 0.391. The molecule has 2 aromatic heterocycles. The molecule has 2 heterocycles. The maximum Gasteiger partial charge on any atom is 0.247 e. The van der Waals surface area contributed by atoms with Gasteiger partial charge >= 0.3 is 0 Å². The number of amides is 2. The first-order valence-corrected chi connectivity index (χ1v) is 11.7. The minimum atomic E-state index is -0.535. The molecule has 2 N–H and O–H groups in total. The third-order valence-electron chi connectivity index (χ3n) is 5.57. The van der Waals surface area contributed by atoms with Crippen molar-refractivity contribution in [1.29, 1.82) is 0 Å². The highest BCUT2D eigenvalue weighted by Gasteiger charge is 2.33. The Hall–Kier alpha value is -3.40. The largest absolute Gasteiger partial charge is 0.419 e. The number of aromatic nitrogens is 3. The van der Waals surface area contributed by atoms with Crippen LogP contribution < -0.4 is 10.6 Å². The molecule has 2 atom stereocenters. The van der Waals surface area contributed by atoms with Crippen LogP contribution in [0.1, 0.15) is 54.4 Å². The van der Waals surface area contributed by atoms with Crippen LogP contribution in [0.15, 0.2) is 34.7 Å². The lowest BCUT2D eigenvalue weighted by atomic mass is 9.89. The molecule has 1 aliphatic carbocycles. The van der Waals surface area contributed by atoms with Gasteiger partial charge in [0.25, 0.3) is 0 Å². The van der Waals surface area contributed by atoms with Crippen LogP contribution in [0, 0.1) is 11.8 Å². The highest BCUT2D eigenvalue weighted by atomic mass is 32.1. The van der Waals surface area contributed by atoms with E-state index in [0.29, 0.717) is 34.4 Å². The molecule has 0 saturated heterocycles. The quantitative estimate of drug-likeness (QED) is 0.518. The van der Waals surface area contributed by atoms with Crippen molar-refractivity contribution in [2.45, 2.75) is 46.1 Å². The molecule has 0 spiro atoms. The van der Waals surface area contributed by atoms with Crippen molar-refractivity contribution >= 4 is 34.1 Å². The Morgan fingerprint density at radius 1 is 1.21 bits per heavy atom. The number of Topliss-reactive ketones (excluding diaryl/α,β-unsaturated/α-hetero) is 1. The van der Waals surface area contributed by atoms with E-state index in [1.807, 2.05) is 44.2 Å². The molecule has 4 rings (SSSR count). The van der Waals surface area contributed by atoms with Gasteiger partial charge in [-0.2, -0.15) is 0 Å². The number of thiazole rings is 1. The Bertz CT molecular complexity index is 1160. The summed E-state index contributed by atoms with van der Waals surface area (Å²) in [6.45, 7) is 4.12. The van der Waals surface area contributed by atoms with Crippen LogP contribution in [0.4, 0.5) is 5.13 Å². The van der Waals surface area contributed by atoms with Crippen molar-refractivity contribution in [3.05, 3.63) is 46.8 Å². The van der Waals surface area contributed by atoms with Gasteiger partial charge in [-0.05, 0) is 18.1 Å². The molecule has 9 nitrogen and oxygen atoms in total. The van der Waals surface area contributed by atoms with Crippen LogP contribution in [0.5, 0.6) is 0 Å². The SMILES string of the molecule is CC[C@@H](C)CC(=O)Nc1nc2c(s1)C(=O)C[C@@H](C(=O)NCc1nnc(-c3ccccc3)o1)C2. The summed E-state index contributed by atoms with van der Waals surface area (Å²) in [4.78, 5) is 42.4. The van der Waals surface area contributed by atoms with Crippen molar-refractivity contribution in [3.63, 3.8) is 0 Å². The molecule has 33 heavy (non-hydrogen) atoms. The average Bonchev–Trinajstić information content (AvgIpc) is 3.45. The molecule has 10 heteroatoms. The van der Waals surface area contributed by atoms with E-state index in [9.17, 15) is 14.4 Å². The van der Waals surface area contributed by atoms with Crippen LogP contribution in [0.3, 0.4) is 0 Å². The molecule has 2 amide bonds. The van der Waals surface area contributed by atoms with Crippen LogP contribution in [0.2, 0.25) is 0 Å². The van der Waals surface area contributed by atoms with Gasteiger partial charge in [-0.15, -0.1) is 10.2 Å². The summed E-state index contributed by atoms with van der Waals surface area (Å²) >= 11 is 1.17. The average molecular weight is 468 g/mol. The molecular formula is C23H25N5O4S. The number of hydrogen-bond acceptors (Lipinski definition) is 8. The maximum atomic E-state index is 12.7. The van der Waals surface area contributed by atoms with Gasteiger partial charge in [0.1, 0.15) is 0 Å². The summed E-state index contributed by atoms with van der Waals surface area (Å²) < 4.78 is 5.61. The van der Waals surface area contributed by atoms with Crippen LogP contribution >= 0.6 is 11.3 Å². The van der Waals surface area contributed by atoms with E-state index in [1.165, 1.54) is 11.3 Å². The van der Waals surface area contributed by atoms with E-state index >= 15 is 0 Å². The number of benzene rings is 1. The van der Waals surface area contributed by atoms with E-state index in [2.05, 4.69) is 25.8 Å². The first-order chi connectivity index (χ1) is 15.9. The lowest BCUT2D eigenvalue weighted by molar-refractivity contribution is -0.125. The Morgan fingerprint density at radius 2 is 2.00 bits per heavy atom. The number of hydrogen-bond donors (Lipinski definition) is 2. The third-order valence-corrected chi connectivity index (χ3v) is 6.63. The number of carbonyl (C=O) groups is 3. The summed E-state index contributed by atoms with van der Waals surface area (Å²) in [5.74, 6) is -0.132. The zero-order chi connectivity index (χ0) is 23.4. The summed E-state index contributed by atoms with van der Waals surface area (Å²) in [5.41, 5.74) is 1.35. The molecule has 0 fully saturated rings. The van der Waals surface area contributed by atoms with E-state index in [4.69, 9.17) is 4.42 Å². The standard InChI is InChI=1S/C23H25N5O4S/c1-3-13(2)9-18(30)26-23-25-16-10-15(11-17(29)20(16)33-23)21(31)24-12-19-27-28-22(32-19)14-7-5-4-6-8-14/h4-8,13,15H,3,9-12H2,1-2H3,(H,24,31)(H,25,26,30)/t13-,15+/m1/s1. The van der Waals surface area contributed by atoms with Crippen LogP contribution in [-0.4, -0.2) is 32.8 Å². The van der Waals surface area contributed by atoms with Gasteiger partial charge in [0, 0.05) is 24.8 Å². The van der Waals surface area contributed by atoms with Crippen LogP contribution in [0.25, 0.3) is 11.5 Å². The Labute approximate surface area is 195 Å². The monoisotopic (exact) mass is 467 g/mol. The van der Waals surface area contributed by atoms with E-state index in [-0.39, 0.29) is 42.4 Å². The second-order valence-corrected chi connectivity index (χ2v) is 9.17. The maximum absolute atomic E-state index is 12.7. The van der Waals surface area contributed by atoms with Crippen molar-refractivity contribution in [2.75, 3.05) is 5.32 Å². The summed E-state index contributed by atoms with van der Waals surface area (Å²) in [6.07, 6.45) is 1.75. The smallest absolute Gasteiger partial charge is 0.247 e. The molecule has 1 aliphatic rings. The van der Waals surface area contributed by atoms with Gasteiger partial charge in [-0.25, -0.2) is 4.98 Å². The Kier molecular flexibility index (Phi) is 6.93. The lowest BCUT2D eigenvalue weighted by Crippen LogP contribution is -2.35. The number of anilines is 1. The fourth-order valence-corrected chi connectivity index (χ4v) is 4.49. The third kappa shape index (κ3) is 5.51. The normalized spacial score (nSPS) is 16.2.